The van der Waals surface area contributed by atoms with E-state index in [0.29, 0.717) is 12.3 Å². The number of hydrogen-bond acceptors (Lipinski definition) is 3. The molecule has 0 atom stereocenters. The number of guanidine groups is 1. The molecule has 2 N–H and O–H groups in total. The monoisotopic (exact) mass is 510 g/mol. The summed E-state index contributed by atoms with van der Waals surface area (Å²) in [6.07, 6.45) is 1.21. The molecule has 0 amide bonds. The van der Waals surface area contributed by atoms with E-state index in [4.69, 9.17) is 4.74 Å². The van der Waals surface area contributed by atoms with E-state index in [9.17, 15) is 8.78 Å². The van der Waals surface area contributed by atoms with Crippen molar-refractivity contribution in [2.45, 2.75) is 39.2 Å². The fourth-order valence-corrected chi connectivity index (χ4v) is 3.11. The molecule has 0 unspecified atom stereocenters. The van der Waals surface area contributed by atoms with Gasteiger partial charge in [-0.2, -0.15) is 0 Å². The summed E-state index contributed by atoms with van der Waals surface area (Å²) in [4.78, 5) is 6.76. The van der Waals surface area contributed by atoms with E-state index in [1.54, 1.807) is 25.2 Å². The molecule has 0 aliphatic carbocycles. The van der Waals surface area contributed by atoms with E-state index in [0.717, 1.165) is 37.0 Å². The number of benzene rings is 1. The average molecular weight is 510 g/mol. The molecule has 1 aromatic carbocycles. The predicted molar refractivity (Wildman–Crippen MR) is 121 cm³/mol. The zero-order valence-electron chi connectivity index (χ0n) is 16.8. The topological polar surface area (TPSA) is 48.9 Å². The van der Waals surface area contributed by atoms with Crippen LogP contribution in [0.1, 0.15) is 31.7 Å². The third-order valence-electron chi connectivity index (χ3n) is 4.78. The Morgan fingerprint density at radius 1 is 1.29 bits per heavy atom. The van der Waals surface area contributed by atoms with E-state index >= 15 is 0 Å². The number of ether oxygens (including phenoxy) is 1. The van der Waals surface area contributed by atoms with Crippen molar-refractivity contribution in [3.63, 3.8) is 0 Å². The van der Waals surface area contributed by atoms with Crippen LogP contribution in [-0.4, -0.2) is 57.1 Å². The van der Waals surface area contributed by atoms with Crippen LogP contribution in [0.15, 0.2) is 29.3 Å². The summed E-state index contributed by atoms with van der Waals surface area (Å²) in [5.74, 6) is 2.05. The van der Waals surface area contributed by atoms with Crippen molar-refractivity contribution >= 4 is 29.9 Å². The maximum absolute atomic E-state index is 12.2. The molecule has 1 aliphatic rings. The van der Waals surface area contributed by atoms with E-state index in [2.05, 4.69) is 27.4 Å². The van der Waals surface area contributed by atoms with Gasteiger partial charge in [0.1, 0.15) is 12.4 Å². The Morgan fingerprint density at radius 3 is 2.71 bits per heavy atom. The van der Waals surface area contributed by atoms with Gasteiger partial charge in [-0.15, -0.1) is 24.0 Å². The zero-order valence-corrected chi connectivity index (χ0v) is 19.1. The van der Waals surface area contributed by atoms with E-state index in [-0.39, 0.29) is 24.0 Å². The van der Waals surface area contributed by atoms with Crippen LogP contribution < -0.4 is 15.4 Å². The molecule has 2 rings (SSSR count). The van der Waals surface area contributed by atoms with Crippen LogP contribution in [-0.2, 0) is 6.54 Å². The molecule has 8 heteroatoms. The largest absolute Gasteiger partial charge is 0.488 e. The van der Waals surface area contributed by atoms with Gasteiger partial charge in [0.2, 0.25) is 0 Å². The number of nitrogens with zero attached hydrogens (tertiary/aromatic N) is 2. The van der Waals surface area contributed by atoms with Crippen LogP contribution in [0.25, 0.3) is 0 Å². The highest BCUT2D eigenvalue weighted by Crippen LogP contribution is 2.16. The second-order valence-electron chi connectivity index (χ2n) is 7.08. The van der Waals surface area contributed by atoms with Crippen LogP contribution in [0.2, 0.25) is 0 Å². The van der Waals surface area contributed by atoms with Gasteiger partial charge in [0.05, 0.1) is 0 Å². The Balaban J connectivity index is 0.00000392. The third kappa shape index (κ3) is 9.86. The number of nitrogens with one attached hydrogen (secondary N) is 2. The van der Waals surface area contributed by atoms with Crippen molar-refractivity contribution in [2.24, 2.45) is 10.9 Å². The molecule has 28 heavy (non-hydrogen) atoms. The summed E-state index contributed by atoms with van der Waals surface area (Å²) >= 11 is 0. The molecule has 160 valence electrons. The van der Waals surface area contributed by atoms with Crippen LogP contribution in [0, 0.1) is 5.92 Å². The molecule has 0 radical (unpaired) electrons. The molecule has 5 nitrogen and oxygen atoms in total. The lowest BCUT2D eigenvalue weighted by molar-refractivity contribution is 0.0818. The second kappa shape index (κ2) is 13.9. The molecular formula is C20H33F2IN4O. The number of halogens is 3. The van der Waals surface area contributed by atoms with Crippen LogP contribution in [0.3, 0.4) is 0 Å². The van der Waals surface area contributed by atoms with Gasteiger partial charge in [0, 0.05) is 20.1 Å². The first-order valence-corrected chi connectivity index (χ1v) is 9.73. The summed E-state index contributed by atoms with van der Waals surface area (Å²) in [5, 5.41) is 6.57. The lowest BCUT2D eigenvalue weighted by Crippen LogP contribution is -2.39. The van der Waals surface area contributed by atoms with Gasteiger partial charge in [-0.25, -0.2) is 8.78 Å². The lowest BCUT2D eigenvalue weighted by atomic mass is 9.99. The van der Waals surface area contributed by atoms with Crippen LogP contribution in [0.5, 0.6) is 5.75 Å². The van der Waals surface area contributed by atoms with Crippen molar-refractivity contribution in [3.8, 4) is 5.75 Å². The number of hydrogen-bond donors (Lipinski definition) is 2. The quantitative estimate of drug-likeness (QED) is 0.230. The van der Waals surface area contributed by atoms with Gasteiger partial charge in [0.25, 0.3) is 6.43 Å². The average Bonchev–Trinajstić information content (AvgIpc) is 2.67. The minimum atomic E-state index is -2.47. The Kier molecular flexibility index (Phi) is 12.4. The molecule has 0 saturated carbocycles. The maximum Gasteiger partial charge on any atom is 0.272 e. The van der Waals surface area contributed by atoms with Gasteiger partial charge in [-0.1, -0.05) is 19.1 Å². The number of piperidine rings is 1. The van der Waals surface area contributed by atoms with E-state index < -0.39 is 13.0 Å². The normalized spacial score (nSPS) is 16.0. The summed E-state index contributed by atoms with van der Waals surface area (Å²) < 4.78 is 29.5. The van der Waals surface area contributed by atoms with Gasteiger partial charge >= 0.3 is 0 Å². The number of aliphatic imine (C=N–C) groups is 1. The van der Waals surface area contributed by atoms with Gasteiger partial charge in [-0.05, 0) is 62.5 Å². The standard InChI is InChI=1S/C20H32F2N4O.HI/c1-16-7-11-26(12-8-16)10-4-9-24-20(23-2)25-14-17-5-3-6-18(13-17)27-15-19(21)22;/h3,5-6,13,16,19H,4,7-12,14-15H2,1-2H3,(H2,23,24,25);1H. The van der Waals surface area contributed by atoms with Crippen molar-refractivity contribution < 1.29 is 13.5 Å². The third-order valence-corrected chi connectivity index (χ3v) is 4.78. The van der Waals surface area contributed by atoms with Gasteiger partial charge < -0.3 is 20.3 Å². The van der Waals surface area contributed by atoms with Crippen molar-refractivity contribution in [3.05, 3.63) is 29.8 Å². The summed E-state index contributed by atoms with van der Waals surface area (Å²) in [6, 6.07) is 7.17. The first-order valence-electron chi connectivity index (χ1n) is 9.73. The Morgan fingerprint density at radius 2 is 2.04 bits per heavy atom. The molecule has 1 saturated heterocycles. The lowest BCUT2D eigenvalue weighted by Gasteiger charge is -2.30. The molecular weight excluding hydrogens is 477 g/mol. The van der Waals surface area contributed by atoms with E-state index in [1.165, 1.54) is 25.9 Å². The van der Waals surface area contributed by atoms with E-state index in [1.807, 2.05) is 6.07 Å². The number of likely N-dealkylation sites (tertiary alicyclic amines) is 1. The Bertz CT molecular complexity index is 581. The highest BCUT2D eigenvalue weighted by molar-refractivity contribution is 14.0. The molecule has 1 aliphatic heterocycles. The minimum Gasteiger partial charge on any atom is -0.488 e. The van der Waals surface area contributed by atoms with Gasteiger partial charge in [0.15, 0.2) is 5.96 Å². The Labute approximate surface area is 184 Å². The summed E-state index contributed by atoms with van der Waals surface area (Å²) in [6.45, 7) is 6.68. The second-order valence-corrected chi connectivity index (χ2v) is 7.08. The first kappa shape index (κ1) is 24.9. The molecule has 1 aromatic rings. The van der Waals surface area contributed by atoms with Gasteiger partial charge in [-0.3, -0.25) is 4.99 Å². The van der Waals surface area contributed by atoms with Crippen molar-refractivity contribution in [2.75, 3.05) is 39.8 Å². The first-order chi connectivity index (χ1) is 13.1. The van der Waals surface area contributed by atoms with Crippen molar-refractivity contribution in [1.82, 2.24) is 15.5 Å². The number of rotatable bonds is 9. The highest BCUT2D eigenvalue weighted by Gasteiger charge is 2.14. The number of alkyl halides is 2. The SMILES string of the molecule is CN=C(NCCCN1CCC(C)CC1)NCc1cccc(OCC(F)F)c1.I. The van der Waals surface area contributed by atoms with Crippen LogP contribution >= 0.6 is 24.0 Å². The maximum atomic E-state index is 12.2. The summed E-state index contributed by atoms with van der Waals surface area (Å²) in [5.41, 5.74) is 0.951. The molecule has 0 bridgehead atoms. The molecule has 1 heterocycles. The molecule has 1 fully saturated rings. The predicted octanol–water partition coefficient (Wildman–Crippen LogP) is 3.74. The van der Waals surface area contributed by atoms with Crippen LogP contribution in [0.4, 0.5) is 8.78 Å². The Hall–Kier alpha value is -1.16. The zero-order chi connectivity index (χ0) is 19.5. The highest BCUT2D eigenvalue weighted by atomic mass is 127. The fraction of sp³-hybridized carbons (Fsp3) is 0.650. The van der Waals surface area contributed by atoms with Crippen molar-refractivity contribution in [1.29, 1.82) is 0 Å². The molecule has 0 spiro atoms. The smallest absolute Gasteiger partial charge is 0.272 e. The molecule has 0 aromatic heterocycles. The summed E-state index contributed by atoms with van der Waals surface area (Å²) in [7, 11) is 1.74. The minimum absolute atomic E-state index is 0. The fourth-order valence-electron chi connectivity index (χ4n) is 3.11.